The summed E-state index contributed by atoms with van der Waals surface area (Å²) in [5, 5.41) is 3.02. The number of halogens is 1. The molecule has 1 N–H and O–H groups in total. The van der Waals surface area contributed by atoms with Gasteiger partial charge in [-0.25, -0.2) is 0 Å². The number of carbonyl (C=O) groups is 1. The van der Waals surface area contributed by atoms with Gasteiger partial charge in [0.2, 0.25) is 0 Å². The van der Waals surface area contributed by atoms with Gasteiger partial charge in [0.05, 0.1) is 5.56 Å². The summed E-state index contributed by atoms with van der Waals surface area (Å²) in [4.78, 5) is 12.6. The van der Waals surface area contributed by atoms with Gasteiger partial charge < -0.3 is 5.32 Å². The first-order valence-electron chi connectivity index (χ1n) is 5.35. The highest BCUT2D eigenvalue weighted by molar-refractivity contribution is 9.10. The predicted molar refractivity (Wildman–Crippen MR) is 71.0 cm³/mol. The van der Waals surface area contributed by atoms with Gasteiger partial charge in [-0.15, -0.1) is 12.6 Å². The average molecular weight is 300 g/mol. The third-order valence-corrected chi connectivity index (χ3v) is 3.78. The molecule has 1 amide bonds. The monoisotopic (exact) mass is 299 g/mol. The van der Waals surface area contributed by atoms with Crippen molar-refractivity contribution in [3.8, 4) is 0 Å². The highest BCUT2D eigenvalue weighted by Crippen LogP contribution is 2.27. The van der Waals surface area contributed by atoms with Crippen LogP contribution in [0.1, 0.15) is 30.1 Å². The number of benzene rings is 1. The zero-order valence-electron chi connectivity index (χ0n) is 9.03. The smallest absolute Gasteiger partial charge is 0.252 e. The van der Waals surface area contributed by atoms with Crippen molar-refractivity contribution in [1.82, 2.24) is 5.32 Å². The number of hydrogen-bond acceptors (Lipinski definition) is 2. The van der Waals surface area contributed by atoms with Gasteiger partial charge in [-0.2, -0.15) is 0 Å². The Morgan fingerprint density at radius 1 is 1.50 bits per heavy atom. The standard InChI is InChI=1S/C12H14BrNOS/c1-7-4-9(5-7)14-12(15)10-3-2-8(13)6-11(10)16/h2-3,6-7,9,16H,4-5H2,1H3,(H,14,15). The van der Waals surface area contributed by atoms with Gasteiger partial charge in [0, 0.05) is 15.4 Å². The van der Waals surface area contributed by atoms with Crippen molar-refractivity contribution >= 4 is 34.5 Å². The van der Waals surface area contributed by atoms with E-state index in [9.17, 15) is 4.79 Å². The summed E-state index contributed by atoms with van der Waals surface area (Å²) in [6.45, 7) is 2.20. The molecule has 4 heteroatoms. The summed E-state index contributed by atoms with van der Waals surface area (Å²) in [5.74, 6) is 0.722. The van der Waals surface area contributed by atoms with Gasteiger partial charge in [-0.3, -0.25) is 4.79 Å². The summed E-state index contributed by atoms with van der Waals surface area (Å²) in [5.41, 5.74) is 0.645. The second-order valence-electron chi connectivity index (χ2n) is 4.41. The van der Waals surface area contributed by atoms with Crippen LogP contribution in [-0.4, -0.2) is 11.9 Å². The molecule has 2 rings (SSSR count). The lowest BCUT2D eigenvalue weighted by Gasteiger charge is -2.33. The first-order valence-corrected chi connectivity index (χ1v) is 6.59. The van der Waals surface area contributed by atoms with E-state index in [1.54, 1.807) is 6.07 Å². The van der Waals surface area contributed by atoms with Gasteiger partial charge >= 0.3 is 0 Å². The fourth-order valence-electron chi connectivity index (χ4n) is 1.98. The van der Waals surface area contributed by atoms with E-state index in [2.05, 4.69) is 40.8 Å². The van der Waals surface area contributed by atoms with Crippen LogP contribution in [-0.2, 0) is 0 Å². The minimum absolute atomic E-state index is 0.0191. The molecule has 0 aliphatic heterocycles. The lowest BCUT2D eigenvalue weighted by molar-refractivity contribution is 0.0893. The quantitative estimate of drug-likeness (QED) is 0.807. The molecule has 1 aromatic rings. The zero-order chi connectivity index (χ0) is 11.7. The molecule has 1 saturated carbocycles. The van der Waals surface area contributed by atoms with E-state index in [-0.39, 0.29) is 5.91 Å². The maximum Gasteiger partial charge on any atom is 0.252 e. The molecule has 1 aromatic carbocycles. The molecule has 2 nitrogen and oxygen atoms in total. The SMILES string of the molecule is CC1CC(NC(=O)c2ccc(Br)cc2S)C1. The Kier molecular flexibility index (Phi) is 3.60. The fraction of sp³-hybridized carbons (Fsp3) is 0.417. The molecule has 86 valence electrons. The van der Waals surface area contributed by atoms with Gasteiger partial charge in [0.15, 0.2) is 0 Å². The van der Waals surface area contributed by atoms with Gasteiger partial charge in [-0.05, 0) is 37.0 Å². The molecule has 0 radical (unpaired) electrons. The number of hydrogen-bond donors (Lipinski definition) is 2. The summed E-state index contributed by atoms with van der Waals surface area (Å²) in [6.07, 6.45) is 2.17. The Morgan fingerprint density at radius 3 is 2.75 bits per heavy atom. The Balaban J connectivity index is 2.03. The van der Waals surface area contributed by atoms with E-state index in [0.29, 0.717) is 16.5 Å². The summed E-state index contributed by atoms with van der Waals surface area (Å²) >= 11 is 7.65. The first-order chi connectivity index (χ1) is 7.56. The topological polar surface area (TPSA) is 29.1 Å². The maximum atomic E-state index is 11.9. The van der Waals surface area contributed by atoms with Crippen molar-refractivity contribution in [2.75, 3.05) is 0 Å². The van der Waals surface area contributed by atoms with Crippen molar-refractivity contribution < 1.29 is 4.79 Å². The van der Waals surface area contributed by atoms with Crippen molar-refractivity contribution in [3.63, 3.8) is 0 Å². The van der Waals surface area contributed by atoms with Gasteiger partial charge in [0.25, 0.3) is 5.91 Å². The van der Waals surface area contributed by atoms with Crippen LogP contribution < -0.4 is 5.32 Å². The third kappa shape index (κ3) is 2.61. The van der Waals surface area contributed by atoms with Crippen LogP contribution in [0.25, 0.3) is 0 Å². The lowest BCUT2D eigenvalue weighted by Crippen LogP contribution is -2.43. The molecule has 1 fully saturated rings. The molecule has 1 aliphatic carbocycles. The van der Waals surface area contributed by atoms with Crippen LogP contribution in [0.4, 0.5) is 0 Å². The van der Waals surface area contributed by atoms with Gasteiger partial charge in [0.1, 0.15) is 0 Å². The van der Waals surface area contributed by atoms with Crippen molar-refractivity contribution in [2.24, 2.45) is 5.92 Å². The second-order valence-corrected chi connectivity index (χ2v) is 5.81. The number of thiol groups is 1. The normalized spacial score (nSPS) is 23.7. The van der Waals surface area contributed by atoms with E-state index in [4.69, 9.17) is 0 Å². The number of amides is 1. The zero-order valence-corrected chi connectivity index (χ0v) is 11.5. The number of nitrogens with one attached hydrogen (secondary N) is 1. The van der Waals surface area contributed by atoms with Crippen molar-refractivity contribution in [1.29, 1.82) is 0 Å². The molecule has 0 unspecified atom stereocenters. The largest absolute Gasteiger partial charge is 0.349 e. The Morgan fingerprint density at radius 2 is 2.19 bits per heavy atom. The second kappa shape index (κ2) is 4.80. The maximum absolute atomic E-state index is 11.9. The van der Waals surface area contributed by atoms with Crippen molar-refractivity contribution in [3.05, 3.63) is 28.2 Å². The number of rotatable bonds is 2. The summed E-state index contributed by atoms with van der Waals surface area (Å²) < 4.78 is 0.936. The van der Waals surface area contributed by atoms with Crippen LogP contribution >= 0.6 is 28.6 Å². The van der Waals surface area contributed by atoms with E-state index < -0.39 is 0 Å². The van der Waals surface area contributed by atoms with Crippen LogP contribution in [0.15, 0.2) is 27.6 Å². The molecule has 0 aromatic heterocycles. The van der Waals surface area contributed by atoms with Gasteiger partial charge in [-0.1, -0.05) is 22.9 Å². The molecule has 0 atom stereocenters. The van der Waals surface area contributed by atoms with Crippen LogP contribution in [0.3, 0.4) is 0 Å². The third-order valence-electron chi connectivity index (χ3n) is 2.91. The summed E-state index contributed by atoms with van der Waals surface area (Å²) in [6, 6.07) is 5.84. The molecular weight excluding hydrogens is 286 g/mol. The average Bonchev–Trinajstić information content (AvgIpc) is 2.15. The van der Waals surface area contributed by atoms with Crippen LogP contribution in [0.5, 0.6) is 0 Å². The molecule has 1 aliphatic rings. The Hall–Kier alpha value is -0.480. The number of carbonyl (C=O) groups excluding carboxylic acids is 1. The molecule has 16 heavy (non-hydrogen) atoms. The predicted octanol–water partition coefficient (Wildman–Crippen LogP) is 3.27. The highest BCUT2D eigenvalue weighted by atomic mass is 79.9. The highest BCUT2D eigenvalue weighted by Gasteiger charge is 2.27. The van der Waals surface area contributed by atoms with Crippen LogP contribution in [0.2, 0.25) is 0 Å². The molecule has 0 saturated heterocycles. The molecule has 0 heterocycles. The minimum Gasteiger partial charge on any atom is -0.349 e. The van der Waals surface area contributed by atoms with E-state index >= 15 is 0 Å². The van der Waals surface area contributed by atoms with E-state index in [1.165, 1.54) is 0 Å². The van der Waals surface area contributed by atoms with Crippen molar-refractivity contribution in [2.45, 2.75) is 30.7 Å². The Bertz CT molecular complexity index is 415. The first kappa shape index (κ1) is 12.0. The summed E-state index contributed by atoms with van der Waals surface area (Å²) in [7, 11) is 0. The van der Waals surface area contributed by atoms with Crippen LogP contribution in [0, 0.1) is 5.92 Å². The van der Waals surface area contributed by atoms with E-state index in [0.717, 1.165) is 23.2 Å². The minimum atomic E-state index is -0.0191. The molecule has 0 bridgehead atoms. The van der Waals surface area contributed by atoms with E-state index in [1.807, 2.05) is 12.1 Å². The fourth-order valence-corrected chi connectivity index (χ4v) is 2.83. The Labute approximate surface area is 109 Å². The molecular formula is C12H14BrNOS. The molecule has 0 spiro atoms. The lowest BCUT2D eigenvalue weighted by atomic mass is 9.82.